The Balaban J connectivity index is 1.42. The minimum atomic E-state index is 0.0237. The van der Waals surface area contributed by atoms with Crippen LogP contribution in [-0.4, -0.2) is 50.8 Å². The van der Waals surface area contributed by atoms with E-state index in [1.165, 1.54) is 5.69 Å². The molecule has 1 aliphatic rings. The summed E-state index contributed by atoms with van der Waals surface area (Å²) in [7, 11) is 1.66. The van der Waals surface area contributed by atoms with Crippen molar-refractivity contribution in [1.29, 1.82) is 0 Å². The number of rotatable bonds is 5. The fourth-order valence-electron chi connectivity index (χ4n) is 3.06. The Hall–Kier alpha value is -2.69. The molecule has 2 aromatic rings. The molecule has 5 nitrogen and oxygen atoms in total. The number of ether oxygens (including phenoxy) is 1. The molecule has 0 unspecified atom stereocenters. The molecule has 0 radical (unpaired) electrons. The topological polar surface area (TPSA) is 44.8 Å². The van der Waals surface area contributed by atoms with Gasteiger partial charge in [-0.2, -0.15) is 0 Å². The van der Waals surface area contributed by atoms with E-state index in [9.17, 15) is 4.79 Å². The SMILES string of the molecule is COc1cccc(CCNC(=O)N2CCN(c3ccccc3)CC2)c1. The molecule has 1 fully saturated rings. The number of hydrogen-bond donors (Lipinski definition) is 1. The zero-order chi connectivity index (χ0) is 17.5. The average Bonchev–Trinajstić information content (AvgIpc) is 2.69. The molecule has 1 N–H and O–H groups in total. The lowest BCUT2D eigenvalue weighted by molar-refractivity contribution is 0.194. The molecule has 0 spiro atoms. The first-order chi connectivity index (χ1) is 12.3. The first-order valence-corrected chi connectivity index (χ1v) is 8.72. The Morgan fingerprint density at radius 2 is 1.80 bits per heavy atom. The maximum Gasteiger partial charge on any atom is 0.317 e. The first-order valence-electron chi connectivity index (χ1n) is 8.72. The molecule has 0 aromatic heterocycles. The highest BCUT2D eigenvalue weighted by molar-refractivity contribution is 5.74. The molecule has 3 rings (SSSR count). The number of para-hydroxylation sites is 1. The summed E-state index contributed by atoms with van der Waals surface area (Å²) in [5, 5.41) is 3.02. The van der Waals surface area contributed by atoms with Crippen molar-refractivity contribution in [1.82, 2.24) is 10.2 Å². The van der Waals surface area contributed by atoms with Crippen molar-refractivity contribution < 1.29 is 9.53 Å². The van der Waals surface area contributed by atoms with Gasteiger partial charge in [0.1, 0.15) is 5.75 Å². The molecule has 0 saturated carbocycles. The van der Waals surface area contributed by atoms with E-state index >= 15 is 0 Å². The minimum Gasteiger partial charge on any atom is -0.497 e. The fraction of sp³-hybridized carbons (Fsp3) is 0.350. The van der Waals surface area contributed by atoms with Gasteiger partial charge < -0.3 is 19.9 Å². The van der Waals surface area contributed by atoms with Crippen molar-refractivity contribution in [3.8, 4) is 5.75 Å². The number of hydrogen-bond acceptors (Lipinski definition) is 3. The van der Waals surface area contributed by atoms with Crippen LogP contribution in [-0.2, 0) is 6.42 Å². The summed E-state index contributed by atoms with van der Waals surface area (Å²) < 4.78 is 5.22. The van der Waals surface area contributed by atoms with Gasteiger partial charge in [-0.3, -0.25) is 0 Å². The van der Waals surface area contributed by atoms with Crippen LogP contribution in [0.3, 0.4) is 0 Å². The summed E-state index contributed by atoms with van der Waals surface area (Å²) in [4.78, 5) is 16.5. The molecular weight excluding hydrogens is 314 g/mol. The highest BCUT2D eigenvalue weighted by Crippen LogP contribution is 2.15. The van der Waals surface area contributed by atoms with E-state index in [0.717, 1.165) is 43.9 Å². The largest absolute Gasteiger partial charge is 0.497 e. The predicted molar refractivity (Wildman–Crippen MR) is 100 cm³/mol. The number of anilines is 1. The second kappa shape index (κ2) is 8.42. The minimum absolute atomic E-state index is 0.0237. The van der Waals surface area contributed by atoms with Crippen LogP contribution >= 0.6 is 0 Å². The van der Waals surface area contributed by atoms with Crippen LogP contribution in [0.1, 0.15) is 5.56 Å². The van der Waals surface area contributed by atoms with E-state index in [-0.39, 0.29) is 6.03 Å². The Labute approximate surface area is 149 Å². The van der Waals surface area contributed by atoms with Crippen molar-refractivity contribution >= 4 is 11.7 Å². The number of urea groups is 1. The summed E-state index contributed by atoms with van der Waals surface area (Å²) in [5.74, 6) is 0.848. The number of methoxy groups -OCH3 is 1. The van der Waals surface area contributed by atoms with Gasteiger partial charge in [-0.1, -0.05) is 30.3 Å². The van der Waals surface area contributed by atoms with Gasteiger partial charge in [0.25, 0.3) is 0 Å². The Morgan fingerprint density at radius 3 is 2.52 bits per heavy atom. The molecule has 2 amide bonds. The van der Waals surface area contributed by atoms with E-state index in [1.54, 1.807) is 7.11 Å². The van der Waals surface area contributed by atoms with E-state index in [0.29, 0.717) is 6.54 Å². The standard InChI is InChI=1S/C20H25N3O2/c1-25-19-9-5-6-17(16-19)10-11-21-20(24)23-14-12-22(13-15-23)18-7-3-2-4-8-18/h2-9,16H,10-15H2,1H3,(H,21,24). The van der Waals surface area contributed by atoms with Crippen molar-refractivity contribution in [2.24, 2.45) is 0 Å². The molecule has 0 bridgehead atoms. The number of nitrogens with zero attached hydrogens (tertiary/aromatic N) is 2. The normalized spacial score (nSPS) is 14.3. The summed E-state index contributed by atoms with van der Waals surface area (Å²) in [6.07, 6.45) is 0.799. The third-order valence-corrected chi connectivity index (χ3v) is 4.51. The van der Waals surface area contributed by atoms with Crippen molar-refractivity contribution in [2.45, 2.75) is 6.42 Å². The fourth-order valence-corrected chi connectivity index (χ4v) is 3.06. The number of benzene rings is 2. The third kappa shape index (κ3) is 4.66. The zero-order valence-corrected chi connectivity index (χ0v) is 14.6. The highest BCUT2D eigenvalue weighted by Gasteiger charge is 2.20. The smallest absolute Gasteiger partial charge is 0.317 e. The molecule has 5 heteroatoms. The van der Waals surface area contributed by atoms with Gasteiger partial charge in [-0.15, -0.1) is 0 Å². The lowest BCUT2D eigenvalue weighted by Crippen LogP contribution is -2.52. The van der Waals surface area contributed by atoms with E-state index < -0.39 is 0 Å². The summed E-state index contributed by atoms with van der Waals surface area (Å²) in [6, 6.07) is 18.3. The molecule has 1 saturated heterocycles. The zero-order valence-electron chi connectivity index (χ0n) is 14.6. The average molecular weight is 339 g/mol. The molecule has 132 valence electrons. The second-order valence-electron chi connectivity index (χ2n) is 6.14. The van der Waals surface area contributed by atoms with Crippen LogP contribution in [0.2, 0.25) is 0 Å². The summed E-state index contributed by atoms with van der Waals surface area (Å²) >= 11 is 0. The number of piperazine rings is 1. The van der Waals surface area contributed by atoms with Gasteiger partial charge in [-0.05, 0) is 36.2 Å². The van der Waals surface area contributed by atoms with E-state index in [4.69, 9.17) is 4.74 Å². The number of nitrogens with one attached hydrogen (secondary N) is 1. The van der Waals surface area contributed by atoms with Gasteiger partial charge >= 0.3 is 6.03 Å². The van der Waals surface area contributed by atoms with Crippen molar-refractivity contribution in [3.05, 3.63) is 60.2 Å². The number of carbonyl (C=O) groups is 1. The van der Waals surface area contributed by atoms with Crippen LogP contribution in [0.5, 0.6) is 5.75 Å². The van der Waals surface area contributed by atoms with Gasteiger partial charge in [0.2, 0.25) is 0 Å². The molecular formula is C20H25N3O2. The first kappa shape index (κ1) is 17.1. The maximum absolute atomic E-state index is 12.3. The molecule has 1 heterocycles. The molecule has 0 atom stereocenters. The number of carbonyl (C=O) groups excluding carboxylic acids is 1. The monoisotopic (exact) mass is 339 g/mol. The quantitative estimate of drug-likeness (QED) is 0.911. The van der Waals surface area contributed by atoms with E-state index in [2.05, 4.69) is 22.3 Å². The van der Waals surface area contributed by atoms with Gasteiger partial charge in [0.05, 0.1) is 7.11 Å². The van der Waals surface area contributed by atoms with Gasteiger partial charge in [-0.25, -0.2) is 4.79 Å². The van der Waals surface area contributed by atoms with E-state index in [1.807, 2.05) is 47.4 Å². The Kier molecular flexibility index (Phi) is 5.77. The lowest BCUT2D eigenvalue weighted by atomic mass is 10.1. The molecule has 1 aliphatic heterocycles. The third-order valence-electron chi connectivity index (χ3n) is 4.51. The lowest BCUT2D eigenvalue weighted by Gasteiger charge is -2.36. The Morgan fingerprint density at radius 1 is 1.04 bits per heavy atom. The number of amides is 2. The molecule has 25 heavy (non-hydrogen) atoms. The van der Waals surface area contributed by atoms with Crippen LogP contribution < -0.4 is 15.0 Å². The van der Waals surface area contributed by atoms with Crippen molar-refractivity contribution in [2.75, 3.05) is 44.7 Å². The second-order valence-corrected chi connectivity index (χ2v) is 6.14. The summed E-state index contributed by atoms with van der Waals surface area (Å²) in [5.41, 5.74) is 2.38. The maximum atomic E-state index is 12.3. The van der Waals surface area contributed by atoms with Crippen molar-refractivity contribution in [3.63, 3.8) is 0 Å². The van der Waals surface area contributed by atoms with Crippen LogP contribution in [0, 0.1) is 0 Å². The predicted octanol–water partition coefficient (Wildman–Crippen LogP) is 2.77. The molecule has 0 aliphatic carbocycles. The molecule has 2 aromatic carbocycles. The Bertz CT molecular complexity index is 682. The summed E-state index contributed by atoms with van der Waals surface area (Å²) in [6.45, 7) is 3.87. The van der Waals surface area contributed by atoms with Crippen LogP contribution in [0.4, 0.5) is 10.5 Å². The van der Waals surface area contributed by atoms with Crippen LogP contribution in [0.25, 0.3) is 0 Å². The van der Waals surface area contributed by atoms with Crippen LogP contribution in [0.15, 0.2) is 54.6 Å². The van der Waals surface area contributed by atoms with Gasteiger partial charge in [0, 0.05) is 38.4 Å². The van der Waals surface area contributed by atoms with Gasteiger partial charge in [0.15, 0.2) is 0 Å². The highest BCUT2D eigenvalue weighted by atomic mass is 16.5.